The molecular weight excluding hydrogens is 864 g/mol. The molecule has 3 unspecified atom stereocenters. The summed E-state index contributed by atoms with van der Waals surface area (Å²) < 4.78 is 41.0. The van der Waals surface area contributed by atoms with Crippen LogP contribution in [0, 0.1) is 31.6 Å². The standard InChI is InChI=1S/C45H63ClN8O9S/c1-34-4-3-5-39(46)43(34)51-44(56)40-31-47-45(64-40)50-41-30-42(49-35(2)48-41)54-10-8-52(9-11-54)12-14-57-16-18-59-20-22-61-24-26-63-27-25-62-23-21-60-19-17-58-15-13-53(33-55)32-38-29-36-6-7-37(38)28-36/h3-7,30-33,36-38H,8-29H2,1-2H3,(H-,47,48,49,50,51,56)/p+1. The molecule has 19 heteroatoms. The molecule has 2 aromatic heterocycles. The molecule has 2 aliphatic carbocycles. The summed E-state index contributed by atoms with van der Waals surface area (Å²) in [6, 6.07) is 7.40. The van der Waals surface area contributed by atoms with E-state index in [2.05, 4.69) is 53.8 Å². The molecule has 3 aromatic rings. The SMILES string of the molecule is Cc1nc(Nc2ncc(C(=O)Nc3c(C)cccc3Cl)s2)cc(N2CCN(CCOCCOCCOCCOCCOCCOCCOCC[N+](C=O)=CC3CC4C=CC3C4)CC2)n1. The fourth-order valence-corrected chi connectivity index (χ4v) is 8.67. The van der Waals surface area contributed by atoms with Gasteiger partial charge in [0.2, 0.25) is 0 Å². The zero-order chi connectivity index (χ0) is 44.8. The lowest BCUT2D eigenvalue weighted by Crippen LogP contribution is -2.47. The number of allylic oxidation sites excluding steroid dienone is 2. The van der Waals surface area contributed by atoms with Crippen LogP contribution in [-0.4, -0.2) is 175 Å². The van der Waals surface area contributed by atoms with Crippen LogP contribution in [0.5, 0.6) is 0 Å². The third-order valence-electron chi connectivity index (χ3n) is 11.1. The fourth-order valence-electron chi connectivity index (χ4n) is 7.68. The number of thiazole rings is 1. The van der Waals surface area contributed by atoms with Crippen LogP contribution in [0.3, 0.4) is 0 Å². The van der Waals surface area contributed by atoms with Crippen LogP contribution in [0.15, 0.2) is 42.6 Å². The van der Waals surface area contributed by atoms with Crippen LogP contribution in [0.25, 0.3) is 0 Å². The number of anilines is 4. The van der Waals surface area contributed by atoms with E-state index in [-0.39, 0.29) is 5.91 Å². The Labute approximate surface area is 385 Å². The van der Waals surface area contributed by atoms with Crippen molar-refractivity contribution in [2.24, 2.45) is 17.8 Å². The summed E-state index contributed by atoms with van der Waals surface area (Å²) in [5.74, 6) is 3.58. The van der Waals surface area contributed by atoms with Gasteiger partial charge in [-0.1, -0.05) is 47.2 Å². The Morgan fingerprint density at radius 3 is 2.03 bits per heavy atom. The van der Waals surface area contributed by atoms with Gasteiger partial charge in [-0.2, -0.15) is 4.58 Å². The van der Waals surface area contributed by atoms with Gasteiger partial charge in [-0.25, -0.2) is 19.7 Å². The maximum Gasteiger partial charge on any atom is 0.374 e. The van der Waals surface area contributed by atoms with E-state index in [1.54, 1.807) is 10.6 Å². The van der Waals surface area contributed by atoms with Crippen molar-refractivity contribution in [2.45, 2.75) is 26.7 Å². The molecule has 1 saturated heterocycles. The molecule has 1 aliphatic heterocycles. The quantitative estimate of drug-likeness (QED) is 0.0294. The highest BCUT2D eigenvalue weighted by Crippen LogP contribution is 2.42. The molecule has 2 N–H and O–H groups in total. The minimum atomic E-state index is -0.274. The van der Waals surface area contributed by atoms with Gasteiger partial charge in [-0.05, 0) is 50.2 Å². The second kappa shape index (κ2) is 27.5. The number of halogens is 1. The number of hydrogen-bond acceptors (Lipinski definition) is 16. The van der Waals surface area contributed by atoms with Crippen LogP contribution >= 0.6 is 22.9 Å². The zero-order valence-electron chi connectivity index (χ0n) is 37.1. The molecule has 6 rings (SSSR count). The molecule has 17 nitrogen and oxygen atoms in total. The van der Waals surface area contributed by atoms with Gasteiger partial charge in [-0.15, -0.1) is 0 Å². The number of carbonyl (C=O) groups is 2. The average Bonchev–Trinajstić information content (AvgIpc) is 4.06. The van der Waals surface area contributed by atoms with Gasteiger partial charge >= 0.3 is 6.41 Å². The third kappa shape index (κ3) is 16.8. The highest BCUT2D eigenvalue weighted by molar-refractivity contribution is 7.17. The smallest absolute Gasteiger partial charge is 0.374 e. The summed E-state index contributed by atoms with van der Waals surface area (Å²) in [5.41, 5.74) is 1.47. The number of benzene rings is 1. The normalized spacial score (nSPS) is 18.6. The van der Waals surface area contributed by atoms with Gasteiger partial charge in [-0.3, -0.25) is 9.69 Å². The van der Waals surface area contributed by atoms with E-state index in [4.69, 9.17) is 44.8 Å². The van der Waals surface area contributed by atoms with E-state index in [1.807, 2.05) is 32.0 Å². The number of rotatable bonds is 31. The molecule has 2 fully saturated rings. The number of aryl methyl sites for hydroxylation is 2. The van der Waals surface area contributed by atoms with Crippen molar-refractivity contribution < 1.29 is 47.3 Å². The molecular formula is C45H64ClN8O9S+. The van der Waals surface area contributed by atoms with E-state index in [0.29, 0.717) is 149 Å². The number of nitrogens with zero attached hydrogens (tertiary/aromatic N) is 6. The number of para-hydroxylation sites is 1. The Bertz CT molecular complexity index is 1930. The van der Waals surface area contributed by atoms with E-state index in [1.165, 1.54) is 24.0 Å². The van der Waals surface area contributed by atoms with Gasteiger partial charge in [0, 0.05) is 44.7 Å². The van der Waals surface area contributed by atoms with Crippen LogP contribution in [0.2, 0.25) is 5.02 Å². The Kier molecular flexibility index (Phi) is 21.3. The lowest BCUT2D eigenvalue weighted by atomic mass is 9.95. The van der Waals surface area contributed by atoms with Gasteiger partial charge < -0.3 is 48.7 Å². The molecule has 2 bridgehead atoms. The number of piperazine rings is 1. The Morgan fingerprint density at radius 1 is 0.828 bits per heavy atom. The first-order valence-electron chi connectivity index (χ1n) is 22.3. The van der Waals surface area contributed by atoms with E-state index in [0.717, 1.165) is 56.9 Å². The average molecular weight is 929 g/mol. The van der Waals surface area contributed by atoms with Crippen molar-refractivity contribution in [1.82, 2.24) is 19.9 Å². The second-order valence-corrected chi connectivity index (χ2v) is 17.2. The Balaban J connectivity index is 0.692. The maximum absolute atomic E-state index is 12.9. The number of fused-ring (bicyclic) bond motifs is 2. The molecule has 64 heavy (non-hydrogen) atoms. The molecule has 350 valence electrons. The summed E-state index contributed by atoms with van der Waals surface area (Å²) >= 11 is 7.53. The summed E-state index contributed by atoms with van der Waals surface area (Å²) in [5, 5.41) is 7.18. The molecule has 3 atom stereocenters. The van der Waals surface area contributed by atoms with Crippen LogP contribution in [0.4, 0.5) is 22.5 Å². The highest BCUT2D eigenvalue weighted by atomic mass is 35.5. The molecule has 0 radical (unpaired) electrons. The zero-order valence-corrected chi connectivity index (χ0v) is 38.7. The molecule has 1 aromatic carbocycles. The fraction of sp³-hybridized carbons (Fsp3) is 0.600. The van der Waals surface area contributed by atoms with E-state index >= 15 is 0 Å². The van der Waals surface area contributed by atoms with Gasteiger partial charge in [0.25, 0.3) is 5.91 Å². The van der Waals surface area contributed by atoms with Gasteiger partial charge in [0.1, 0.15) is 28.9 Å². The number of amides is 2. The van der Waals surface area contributed by atoms with Crippen molar-refractivity contribution in [3.05, 3.63) is 63.9 Å². The largest absolute Gasteiger partial charge is 0.378 e. The summed E-state index contributed by atoms with van der Waals surface area (Å²) in [6.45, 7) is 15.7. The van der Waals surface area contributed by atoms with Crippen LogP contribution in [0.1, 0.15) is 33.9 Å². The van der Waals surface area contributed by atoms with Crippen molar-refractivity contribution in [3.8, 4) is 0 Å². The van der Waals surface area contributed by atoms with Crippen molar-refractivity contribution in [3.63, 3.8) is 0 Å². The minimum Gasteiger partial charge on any atom is -0.378 e. The van der Waals surface area contributed by atoms with E-state index in [9.17, 15) is 9.59 Å². The maximum atomic E-state index is 12.9. The number of hydrogen-bond donors (Lipinski definition) is 2. The van der Waals surface area contributed by atoms with Gasteiger partial charge in [0.15, 0.2) is 17.9 Å². The summed E-state index contributed by atoms with van der Waals surface area (Å²) in [7, 11) is 0. The minimum absolute atomic E-state index is 0.274. The first kappa shape index (κ1) is 49.5. The van der Waals surface area contributed by atoms with Crippen molar-refractivity contribution >= 4 is 63.9 Å². The molecule has 2 amide bonds. The van der Waals surface area contributed by atoms with Gasteiger partial charge in [0.05, 0.1) is 103 Å². The topological polar surface area (TPSA) is 171 Å². The number of carbonyl (C=O) groups excluding carboxylic acids is 2. The lowest BCUT2D eigenvalue weighted by molar-refractivity contribution is -0.435. The number of ether oxygens (including phenoxy) is 7. The Hall–Kier alpha value is -3.95. The predicted molar refractivity (Wildman–Crippen MR) is 247 cm³/mol. The first-order valence-corrected chi connectivity index (χ1v) is 23.4. The lowest BCUT2D eigenvalue weighted by Gasteiger charge is -2.35. The predicted octanol–water partition coefficient (Wildman–Crippen LogP) is 4.89. The Morgan fingerprint density at radius 2 is 1.45 bits per heavy atom. The second-order valence-electron chi connectivity index (χ2n) is 15.8. The number of aromatic nitrogens is 3. The molecule has 3 aliphatic rings. The first-order chi connectivity index (χ1) is 31.3. The summed E-state index contributed by atoms with van der Waals surface area (Å²) in [6.07, 6.45) is 11.5. The third-order valence-corrected chi connectivity index (χ3v) is 12.3. The monoisotopic (exact) mass is 927 g/mol. The summed E-state index contributed by atoms with van der Waals surface area (Å²) in [4.78, 5) is 43.0. The molecule has 0 spiro atoms. The van der Waals surface area contributed by atoms with E-state index < -0.39 is 0 Å². The number of nitrogens with one attached hydrogen (secondary N) is 2. The molecule has 3 heterocycles. The highest BCUT2D eigenvalue weighted by Gasteiger charge is 2.36. The van der Waals surface area contributed by atoms with Crippen LogP contribution in [-0.2, 0) is 38.0 Å². The molecule has 1 saturated carbocycles. The van der Waals surface area contributed by atoms with Crippen molar-refractivity contribution in [1.29, 1.82) is 0 Å². The van der Waals surface area contributed by atoms with Crippen molar-refractivity contribution in [2.75, 3.05) is 147 Å². The van der Waals surface area contributed by atoms with Crippen LogP contribution < -0.4 is 15.5 Å².